The van der Waals surface area contributed by atoms with Gasteiger partial charge in [0.15, 0.2) is 0 Å². The van der Waals surface area contributed by atoms with Gasteiger partial charge in [-0.05, 0) is 118 Å². The fourth-order valence-electron chi connectivity index (χ4n) is 8.16. The molecule has 314 valence electrons. The standard InChI is InChI=1S/C53H58NO5P2/c1-53(52(54)57,42-58-50(55)38-22-8-24-40-60(44-26-10-2-11-27-44,45-28-12-3-13-29-45)46-30-14-4-15-31-46)43-59-51(56)39-23-9-25-41-61(47-32-16-5-17-33-47,48-34-18-6-19-35-48)49-36-20-7-21-37-49/h2-7,10-21,26-37H,8-9,22-25,38-43H2,1H3,(H-,54,57)/q+1/p+1. The van der Waals surface area contributed by atoms with Gasteiger partial charge in [-0.1, -0.05) is 109 Å². The van der Waals surface area contributed by atoms with E-state index in [1.807, 2.05) is 0 Å². The summed E-state index contributed by atoms with van der Waals surface area (Å²) in [6, 6.07) is 64.7. The Morgan fingerprint density at radius 1 is 0.410 bits per heavy atom. The lowest BCUT2D eigenvalue weighted by atomic mass is 9.92. The molecular weight excluding hydrogens is 793 g/mol. The smallest absolute Gasteiger partial charge is 0.305 e. The third-order valence-electron chi connectivity index (χ3n) is 11.6. The van der Waals surface area contributed by atoms with Crippen LogP contribution >= 0.6 is 14.5 Å². The maximum absolute atomic E-state index is 12.9. The van der Waals surface area contributed by atoms with Crippen molar-refractivity contribution in [3.63, 3.8) is 0 Å². The molecule has 61 heavy (non-hydrogen) atoms. The van der Waals surface area contributed by atoms with Crippen molar-refractivity contribution < 1.29 is 23.9 Å². The molecule has 0 saturated carbocycles. The quantitative estimate of drug-likeness (QED) is 0.0396. The summed E-state index contributed by atoms with van der Waals surface area (Å²) in [5.41, 5.74) is 4.44. The van der Waals surface area contributed by atoms with Crippen LogP contribution in [-0.4, -0.2) is 43.4 Å². The monoisotopic (exact) mass is 851 g/mol. The van der Waals surface area contributed by atoms with Crippen molar-refractivity contribution in [3.8, 4) is 0 Å². The van der Waals surface area contributed by atoms with E-state index in [4.69, 9.17) is 15.2 Å². The van der Waals surface area contributed by atoms with Crippen LogP contribution in [0.5, 0.6) is 0 Å². The molecule has 0 bridgehead atoms. The van der Waals surface area contributed by atoms with Crippen LogP contribution in [0.25, 0.3) is 0 Å². The summed E-state index contributed by atoms with van der Waals surface area (Å²) < 4.78 is 11.2. The van der Waals surface area contributed by atoms with E-state index < -0.39 is 37.8 Å². The SMILES string of the molecule is CC(COC(=O)CCCCC[P+](c1ccccc1)(c1ccccc1)c1ccccc1)(COC(=O)CCCCC[P+](c1ccccc1)(c1ccccc1)c1ccccc1)C(N)=O. The molecule has 0 aliphatic rings. The highest BCUT2D eigenvalue weighted by Gasteiger charge is 2.46. The molecule has 6 aromatic carbocycles. The minimum absolute atomic E-state index is 0.227. The van der Waals surface area contributed by atoms with Crippen LogP contribution in [0.1, 0.15) is 58.3 Å². The minimum atomic E-state index is -1.94. The van der Waals surface area contributed by atoms with Gasteiger partial charge in [-0.25, -0.2) is 0 Å². The number of hydrogen-bond donors (Lipinski definition) is 1. The Morgan fingerprint density at radius 3 is 0.885 bits per heavy atom. The Balaban J connectivity index is 0.967. The van der Waals surface area contributed by atoms with Crippen molar-refractivity contribution in [1.82, 2.24) is 0 Å². The molecule has 6 rings (SSSR count). The highest BCUT2D eigenvalue weighted by molar-refractivity contribution is 7.96. The zero-order chi connectivity index (χ0) is 42.8. The number of benzene rings is 6. The molecule has 6 nitrogen and oxygen atoms in total. The largest absolute Gasteiger partial charge is 0.464 e. The van der Waals surface area contributed by atoms with Gasteiger partial charge in [0.25, 0.3) is 0 Å². The van der Waals surface area contributed by atoms with Gasteiger partial charge in [-0.2, -0.15) is 0 Å². The number of ether oxygens (including phenoxy) is 2. The summed E-state index contributed by atoms with van der Waals surface area (Å²) in [7, 11) is -3.88. The first-order valence-corrected chi connectivity index (χ1v) is 25.4. The van der Waals surface area contributed by atoms with E-state index in [-0.39, 0.29) is 26.1 Å². The number of hydrogen-bond acceptors (Lipinski definition) is 5. The molecule has 0 unspecified atom stereocenters. The minimum Gasteiger partial charge on any atom is -0.464 e. The van der Waals surface area contributed by atoms with Gasteiger partial charge < -0.3 is 15.2 Å². The molecule has 0 aliphatic carbocycles. The number of carbonyl (C=O) groups excluding carboxylic acids is 3. The summed E-state index contributed by atoms with van der Waals surface area (Å²) >= 11 is 0. The molecule has 0 heterocycles. The first-order valence-electron chi connectivity index (χ1n) is 21.5. The third-order valence-corrected chi connectivity index (χ3v) is 20.7. The van der Waals surface area contributed by atoms with Crippen molar-refractivity contribution in [1.29, 1.82) is 0 Å². The van der Waals surface area contributed by atoms with E-state index in [9.17, 15) is 14.4 Å². The number of unbranched alkanes of at least 4 members (excludes halogenated alkanes) is 4. The lowest BCUT2D eigenvalue weighted by molar-refractivity contribution is -0.157. The topological polar surface area (TPSA) is 95.7 Å². The van der Waals surface area contributed by atoms with E-state index in [0.717, 1.165) is 38.0 Å². The second-order valence-corrected chi connectivity index (χ2v) is 23.2. The second-order valence-electron chi connectivity index (χ2n) is 15.9. The zero-order valence-corrected chi connectivity index (χ0v) is 37.1. The number of esters is 2. The Labute approximate surface area is 363 Å². The number of carbonyl (C=O) groups is 3. The normalized spacial score (nSPS) is 11.8. The number of rotatable bonds is 23. The lowest BCUT2D eigenvalue weighted by Crippen LogP contribution is -2.43. The predicted molar refractivity (Wildman–Crippen MR) is 256 cm³/mol. The number of primary amides is 1. The van der Waals surface area contributed by atoms with Gasteiger partial charge in [0, 0.05) is 12.8 Å². The summed E-state index contributed by atoms with van der Waals surface area (Å²) in [4.78, 5) is 38.5. The number of amides is 1. The highest BCUT2D eigenvalue weighted by atomic mass is 31.2. The van der Waals surface area contributed by atoms with Gasteiger partial charge in [0.05, 0.1) is 12.3 Å². The molecule has 0 saturated heterocycles. The van der Waals surface area contributed by atoms with Crippen LogP contribution in [0.2, 0.25) is 0 Å². The molecular formula is C53H59NO5P2+2. The van der Waals surface area contributed by atoms with E-state index in [1.54, 1.807) is 6.92 Å². The van der Waals surface area contributed by atoms with Crippen molar-refractivity contribution >= 4 is 64.2 Å². The Kier molecular flexibility index (Phi) is 16.6. The maximum Gasteiger partial charge on any atom is 0.305 e. The molecule has 6 aromatic rings. The molecule has 0 spiro atoms. The summed E-state index contributed by atoms with van der Waals surface area (Å²) in [5, 5.41) is 8.04. The molecule has 2 N–H and O–H groups in total. The molecule has 0 fully saturated rings. The van der Waals surface area contributed by atoms with Crippen LogP contribution < -0.4 is 37.6 Å². The van der Waals surface area contributed by atoms with Crippen molar-refractivity contribution in [2.45, 2.75) is 58.3 Å². The second kappa shape index (κ2) is 22.4. The molecule has 0 radical (unpaired) electrons. The van der Waals surface area contributed by atoms with Gasteiger partial charge in [0.2, 0.25) is 5.91 Å². The summed E-state index contributed by atoms with van der Waals surface area (Å²) in [6.07, 6.45) is 7.28. The lowest BCUT2D eigenvalue weighted by Gasteiger charge is -2.27. The van der Waals surface area contributed by atoms with E-state index in [1.165, 1.54) is 31.8 Å². The van der Waals surface area contributed by atoms with E-state index in [2.05, 4.69) is 182 Å². The Bertz CT molecular complexity index is 1900. The summed E-state index contributed by atoms with van der Waals surface area (Å²) in [6.45, 7) is 1.09. The van der Waals surface area contributed by atoms with Crippen molar-refractivity contribution in [3.05, 3.63) is 182 Å². The number of nitrogens with two attached hydrogens (primary N) is 1. The summed E-state index contributed by atoms with van der Waals surface area (Å²) in [5.74, 6) is -1.47. The molecule has 1 amide bonds. The van der Waals surface area contributed by atoms with Gasteiger partial charge >= 0.3 is 11.9 Å². The maximum atomic E-state index is 12.9. The molecule has 0 aromatic heterocycles. The van der Waals surface area contributed by atoms with Gasteiger partial charge in [-0.3, -0.25) is 14.4 Å². The first kappa shape index (κ1) is 45.1. The fraction of sp³-hybridized carbons (Fsp3) is 0.264. The zero-order valence-electron chi connectivity index (χ0n) is 35.3. The molecule has 8 heteroatoms. The van der Waals surface area contributed by atoms with Gasteiger partial charge in [0.1, 0.15) is 65.0 Å². The van der Waals surface area contributed by atoms with E-state index in [0.29, 0.717) is 12.8 Å². The predicted octanol–water partition coefficient (Wildman–Crippen LogP) is 8.67. The fourth-order valence-corrected chi connectivity index (χ4v) is 17.0. The molecule has 0 atom stereocenters. The van der Waals surface area contributed by atoms with E-state index >= 15 is 0 Å². The van der Waals surface area contributed by atoms with Crippen LogP contribution in [0, 0.1) is 5.41 Å². The average Bonchev–Trinajstić information content (AvgIpc) is 3.32. The van der Waals surface area contributed by atoms with Crippen molar-refractivity contribution in [2.75, 3.05) is 25.5 Å². The van der Waals surface area contributed by atoms with Crippen LogP contribution in [0.4, 0.5) is 0 Å². The van der Waals surface area contributed by atoms with Gasteiger partial charge in [-0.15, -0.1) is 0 Å². The Hall–Kier alpha value is -5.41. The highest BCUT2D eigenvalue weighted by Crippen LogP contribution is 2.57. The van der Waals surface area contributed by atoms with Crippen molar-refractivity contribution in [2.24, 2.45) is 11.1 Å². The third kappa shape index (κ3) is 11.5. The Morgan fingerprint density at radius 2 is 0.656 bits per heavy atom. The first-order chi connectivity index (χ1) is 29.8. The van der Waals surface area contributed by atoms with Crippen LogP contribution in [-0.2, 0) is 23.9 Å². The van der Waals surface area contributed by atoms with Crippen LogP contribution in [0.3, 0.4) is 0 Å². The van der Waals surface area contributed by atoms with Crippen LogP contribution in [0.15, 0.2) is 182 Å². The average molecular weight is 852 g/mol. The molecule has 0 aliphatic heterocycles.